The highest BCUT2D eigenvalue weighted by Gasteiger charge is 2.10. The van der Waals surface area contributed by atoms with Gasteiger partial charge in [-0.3, -0.25) is 4.98 Å². The number of benzene rings is 1. The van der Waals surface area contributed by atoms with Crippen molar-refractivity contribution in [2.24, 2.45) is 0 Å². The molecule has 0 aliphatic carbocycles. The molecule has 0 aliphatic rings. The molecule has 0 radical (unpaired) electrons. The van der Waals surface area contributed by atoms with Gasteiger partial charge < -0.3 is 9.64 Å². The van der Waals surface area contributed by atoms with Gasteiger partial charge >= 0.3 is 0 Å². The maximum Gasteiger partial charge on any atom is 0.0737 e. The summed E-state index contributed by atoms with van der Waals surface area (Å²) in [4.78, 5) is 6.66. The molecule has 0 bridgehead atoms. The molecule has 2 aromatic rings. The molecule has 19 heavy (non-hydrogen) atoms. The number of rotatable bonds is 6. The Morgan fingerprint density at radius 3 is 2.89 bits per heavy atom. The van der Waals surface area contributed by atoms with Crippen molar-refractivity contribution in [3.63, 3.8) is 0 Å². The van der Waals surface area contributed by atoms with E-state index in [-0.39, 0.29) is 0 Å². The zero-order valence-corrected chi connectivity index (χ0v) is 13.1. The third-order valence-electron chi connectivity index (χ3n) is 2.94. The number of alkyl halides is 1. The largest absolute Gasteiger partial charge is 0.383 e. The van der Waals surface area contributed by atoms with Crippen LogP contribution in [0.1, 0.15) is 0 Å². The Balaban J connectivity index is 2.40. The number of aromatic nitrogens is 1. The summed E-state index contributed by atoms with van der Waals surface area (Å²) in [7, 11) is 1.72. The SMILES string of the molecule is COCCN(CCBr)c1ccnc2cc(Cl)ccc12. The Morgan fingerprint density at radius 1 is 1.32 bits per heavy atom. The van der Waals surface area contributed by atoms with Gasteiger partial charge in [-0.05, 0) is 24.3 Å². The minimum atomic E-state index is 0.699. The topological polar surface area (TPSA) is 25.4 Å². The summed E-state index contributed by atoms with van der Waals surface area (Å²) >= 11 is 9.51. The van der Waals surface area contributed by atoms with Crippen molar-refractivity contribution >= 4 is 44.1 Å². The molecule has 5 heteroatoms. The molecule has 0 spiro atoms. The van der Waals surface area contributed by atoms with Gasteiger partial charge in [-0.2, -0.15) is 0 Å². The number of fused-ring (bicyclic) bond motifs is 1. The van der Waals surface area contributed by atoms with Crippen LogP contribution in [0.3, 0.4) is 0 Å². The summed E-state index contributed by atoms with van der Waals surface area (Å²) in [6.45, 7) is 2.47. The lowest BCUT2D eigenvalue weighted by Gasteiger charge is -2.25. The monoisotopic (exact) mass is 342 g/mol. The Bertz CT molecular complexity index is 550. The van der Waals surface area contributed by atoms with E-state index in [1.54, 1.807) is 7.11 Å². The van der Waals surface area contributed by atoms with Crippen molar-refractivity contribution < 1.29 is 4.74 Å². The van der Waals surface area contributed by atoms with Crippen LogP contribution in [-0.2, 0) is 4.74 Å². The van der Waals surface area contributed by atoms with Gasteiger partial charge in [0.1, 0.15) is 0 Å². The highest BCUT2D eigenvalue weighted by Crippen LogP contribution is 2.27. The van der Waals surface area contributed by atoms with E-state index in [4.69, 9.17) is 16.3 Å². The fourth-order valence-electron chi connectivity index (χ4n) is 2.04. The van der Waals surface area contributed by atoms with Crippen LogP contribution in [0.25, 0.3) is 10.9 Å². The molecule has 3 nitrogen and oxygen atoms in total. The van der Waals surface area contributed by atoms with Gasteiger partial charge in [-0.15, -0.1) is 0 Å². The molecule has 1 heterocycles. The van der Waals surface area contributed by atoms with E-state index in [1.165, 1.54) is 0 Å². The average Bonchev–Trinajstić information content (AvgIpc) is 2.42. The molecular weight excluding hydrogens is 328 g/mol. The Morgan fingerprint density at radius 2 is 2.16 bits per heavy atom. The van der Waals surface area contributed by atoms with Crippen LogP contribution >= 0.6 is 27.5 Å². The lowest BCUT2D eigenvalue weighted by atomic mass is 10.1. The first-order chi connectivity index (χ1) is 9.26. The molecule has 0 amide bonds. The van der Waals surface area contributed by atoms with Crippen molar-refractivity contribution in [2.75, 3.05) is 37.0 Å². The van der Waals surface area contributed by atoms with Gasteiger partial charge in [0.2, 0.25) is 0 Å². The molecule has 0 atom stereocenters. The smallest absolute Gasteiger partial charge is 0.0737 e. The minimum Gasteiger partial charge on any atom is -0.383 e. The second-order valence-corrected chi connectivity index (χ2v) is 5.39. The van der Waals surface area contributed by atoms with Crippen molar-refractivity contribution in [3.8, 4) is 0 Å². The molecule has 0 saturated carbocycles. The highest BCUT2D eigenvalue weighted by molar-refractivity contribution is 9.09. The number of methoxy groups -OCH3 is 1. The van der Waals surface area contributed by atoms with Gasteiger partial charge in [0.15, 0.2) is 0 Å². The molecular formula is C14H16BrClN2O. The summed E-state index contributed by atoms with van der Waals surface area (Å²) in [5.74, 6) is 0. The van der Waals surface area contributed by atoms with Gasteiger partial charge in [0.25, 0.3) is 0 Å². The zero-order chi connectivity index (χ0) is 13.7. The molecule has 0 N–H and O–H groups in total. The molecule has 102 valence electrons. The number of hydrogen-bond acceptors (Lipinski definition) is 3. The average molecular weight is 344 g/mol. The van der Waals surface area contributed by atoms with E-state index in [9.17, 15) is 0 Å². The lowest BCUT2D eigenvalue weighted by Crippen LogP contribution is -2.29. The second kappa shape index (κ2) is 7.08. The maximum absolute atomic E-state index is 6.01. The van der Waals surface area contributed by atoms with E-state index in [0.717, 1.165) is 35.0 Å². The van der Waals surface area contributed by atoms with Gasteiger partial charge in [-0.25, -0.2) is 0 Å². The predicted molar refractivity (Wildman–Crippen MR) is 84.6 cm³/mol. The Hall–Kier alpha value is -0.840. The zero-order valence-electron chi connectivity index (χ0n) is 10.8. The number of hydrogen-bond donors (Lipinski definition) is 0. The van der Waals surface area contributed by atoms with Crippen molar-refractivity contribution in [1.82, 2.24) is 4.98 Å². The standard InChI is InChI=1S/C14H16BrClN2O/c1-19-9-8-18(7-5-15)14-4-6-17-13-10-11(16)2-3-12(13)14/h2-4,6,10H,5,7-9H2,1H3. The van der Waals surface area contributed by atoms with E-state index < -0.39 is 0 Å². The number of anilines is 1. The van der Waals surface area contributed by atoms with E-state index in [0.29, 0.717) is 11.6 Å². The minimum absolute atomic E-state index is 0.699. The normalized spacial score (nSPS) is 10.9. The fraction of sp³-hybridized carbons (Fsp3) is 0.357. The molecule has 2 rings (SSSR count). The van der Waals surface area contributed by atoms with Crippen LogP contribution < -0.4 is 4.90 Å². The fourth-order valence-corrected chi connectivity index (χ4v) is 2.63. The summed E-state index contributed by atoms with van der Waals surface area (Å²) in [5, 5.41) is 2.73. The van der Waals surface area contributed by atoms with Crippen LogP contribution in [0.15, 0.2) is 30.5 Å². The van der Waals surface area contributed by atoms with Crippen LogP contribution in [0.2, 0.25) is 5.02 Å². The molecule has 0 aliphatic heterocycles. The van der Waals surface area contributed by atoms with Gasteiger partial charge in [-0.1, -0.05) is 27.5 Å². The number of nitrogens with zero attached hydrogens (tertiary/aromatic N) is 2. The maximum atomic E-state index is 6.01. The van der Waals surface area contributed by atoms with Gasteiger partial charge in [0.05, 0.1) is 12.1 Å². The Labute approximate surface area is 126 Å². The van der Waals surface area contributed by atoms with Crippen LogP contribution in [0, 0.1) is 0 Å². The summed E-state index contributed by atoms with van der Waals surface area (Å²) in [5.41, 5.74) is 2.08. The molecule has 1 aromatic carbocycles. The first-order valence-corrected chi connectivity index (χ1v) is 7.60. The number of pyridine rings is 1. The molecule has 0 unspecified atom stereocenters. The third-order valence-corrected chi connectivity index (χ3v) is 3.53. The summed E-state index contributed by atoms with van der Waals surface area (Å²) in [6, 6.07) is 7.85. The summed E-state index contributed by atoms with van der Waals surface area (Å²) in [6.07, 6.45) is 1.82. The van der Waals surface area contributed by atoms with E-state index in [1.807, 2.05) is 30.5 Å². The first-order valence-electron chi connectivity index (χ1n) is 6.10. The van der Waals surface area contributed by atoms with Crippen LogP contribution in [0.4, 0.5) is 5.69 Å². The third kappa shape index (κ3) is 3.59. The quantitative estimate of drug-likeness (QED) is 0.747. The highest BCUT2D eigenvalue weighted by atomic mass is 79.9. The van der Waals surface area contributed by atoms with E-state index in [2.05, 4.69) is 25.8 Å². The lowest BCUT2D eigenvalue weighted by molar-refractivity contribution is 0.205. The first kappa shape index (κ1) is 14.6. The molecule has 0 fully saturated rings. The summed E-state index contributed by atoms with van der Waals surface area (Å²) < 4.78 is 5.18. The predicted octanol–water partition coefficient (Wildman–Crippen LogP) is 3.74. The van der Waals surface area contributed by atoms with Crippen LogP contribution in [0.5, 0.6) is 0 Å². The number of halogens is 2. The molecule has 0 saturated heterocycles. The van der Waals surface area contributed by atoms with E-state index >= 15 is 0 Å². The van der Waals surface area contributed by atoms with Gasteiger partial charge in [0, 0.05) is 47.8 Å². The number of ether oxygens (including phenoxy) is 1. The Kier molecular flexibility index (Phi) is 5.43. The molecule has 1 aromatic heterocycles. The van der Waals surface area contributed by atoms with Crippen molar-refractivity contribution in [3.05, 3.63) is 35.5 Å². The second-order valence-electron chi connectivity index (χ2n) is 4.16. The van der Waals surface area contributed by atoms with Crippen molar-refractivity contribution in [1.29, 1.82) is 0 Å². The van der Waals surface area contributed by atoms with Crippen molar-refractivity contribution in [2.45, 2.75) is 0 Å². The van der Waals surface area contributed by atoms with Crippen LogP contribution in [-0.4, -0.2) is 37.1 Å².